The molecule has 8 heteroatoms. The standard InChI is InChI=1S/C58H106N4O4/c1-7-8-9-10-11-12-13-14-15-16-17-18-19-20-21-24-31-55(64)62(45-54(63)60-41-26-23-22-25-40-59)43-28-42-61-56(65)66-49-36-38-57(5)48(44-49)32-33-50-52-35-34-51(47(4)30-27-29-46(2)3)58(52,6)39-37-53(50)57/h32,46-47,49-53H,7-31,33-45,59H2,1-6H3,(H,60,63)(H,61,65)/t47-,49+,50+,51-,52+,53+,57+,58-/m1/s1. The van der Waals surface area contributed by atoms with Crippen LogP contribution in [0.25, 0.3) is 0 Å². The molecule has 8 nitrogen and oxygen atoms in total. The predicted molar refractivity (Wildman–Crippen MR) is 277 cm³/mol. The van der Waals surface area contributed by atoms with E-state index in [1.807, 2.05) is 0 Å². The average Bonchev–Trinajstić information content (AvgIpc) is 3.65. The first-order chi connectivity index (χ1) is 31.9. The van der Waals surface area contributed by atoms with Crippen LogP contribution >= 0.6 is 0 Å². The Morgan fingerprint density at radius 2 is 1.33 bits per heavy atom. The van der Waals surface area contributed by atoms with Gasteiger partial charge in [-0.1, -0.05) is 182 Å². The first-order valence-corrected chi connectivity index (χ1v) is 28.8. The molecule has 0 heterocycles. The maximum Gasteiger partial charge on any atom is 0.407 e. The van der Waals surface area contributed by atoms with Gasteiger partial charge in [0.1, 0.15) is 6.10 Å². The van der Waals surface area contributed by atoms with E-state index in [9.17, 15) is 14.4 Å². The highest BCUT2D eigenvalue weighted by atomic mass is 16.6. The number of carbonyl (C=O) groups excluding carboxylic acids is 3. The minimum Gasteiger partial charge on any atom is -0.446 e. The molecular formula is C58H106N4O4. The molecule has 0 aromatic rings. The van der Waals surface area contributed by atoms with Crippen molar-refractivity contribution < 1.29 is 19.1 Å². The van der Waals surface area contributed by atoms with Gasteiger partial charge in [0.2, 0.25) is 11.8 Å². The van der Waals surface area contributed by atoms with E-state index in [2.05, 4.69) is 58.3 Å². The van der Waals surface area contributed by atoms with Gasteiger partial charge < -0.3 is 26.0 Å². The number of unbranched alkanes of at least 4 members (excludes halogenated alkanes) is 18. The summed E-state index contributed by atoms with van der Waals surface area (Å²) in [5.74, 6) is 4.83. The zero-order valence-corrected chi connectivity index (χ0v) is 44.1. The molecule has 66 heavy (non-hydrogen) atoms. The van der Waals surface area contributed by atoms with Gasteiger partial charge in [0.15, 0.2) is 0 Å². The highest BCUT2D eigenvalue weighted by Gasteiger charge is 2.59. The lowest BCUT2D eigenvalue weighted by atomic mass is 9.47. The number of fused-ring (bicyclic) bond motifs is 5. The van der Waals surface area contributed by atoms with Crippen LogP contribution in [0, 0.1) is 46.3 Å². The van der Waals surface area contributed by atoms with Crippen LogP contribution in [0.4, 0.5) is 4.79 Å². The summed E-state index contributed by atoms with van der Waals surface area (Å²) >= 11 is 0. The largest absolute Gasteiger partial charge is 0.446 e. The van der Waals surface area contributed by atoms with Crippen LogP contribution in [-0.2, 0) is 14.3 Å². The molecule has 0 radical (unpaired) electrons. The zero-order valence-electron chi connectivity index (χ0n) is 44.1. The second-order valence-corrected chi connectivity index (χ2v) is 23.3. The van der Waals surface area contributed by atoms with Crippen LogP contribution in [0.1, 0.15) is 253 Å². The number of allylic oxidation sites excluding steroid dienone is 1. The summed E-state index contributed by atoms with van der Waals surface area (Å²) in [5, 5.41) is 6.03. The summed E-state index contributed by atoms with van der Waals surface area (Å²) in [6.07, 6.45) is 41.8. The molecule has 0 spiro atoms. The second kappa shape index (κ2) is 31.2. The number of hydrogen-bond acceptors (Lipinski definition) is 5. The third-order valence-electron chi connectivity index (χ3n) is 17.8. The number of nitrogens with one attached hydrogen (secondary N) is 2. The van der Waals surface area contributed by atoms with Crippen LogP contribution in [0.3, 0.4) is 0 Å². The monoisotopic (exact) mass is 923 g/mol. The minimum atomic E-state index is -0.357. The Bertz CT molecular complexity index is 1400. The molecule has 3 fully saturated rings. The molecule has 3 amide bonds. The van der Waals surface area contributed by atoms with Crippen molar-refractivity contribution in [3.05, 3.63) is 11.6 Å². The van der Waals surface area contributed by atoms with Crippen molar-refractivity contribution in [1.29, 1.82) is 0 Å². The van der Waals surface area contributed by atoms with Gasteiger partial charge in [-0.2, -0.15) is 0 Å². The molecule has 0 aromatic carbocycles. The number of hydrogen-bond donors (Lipinski definition) is 3. The average molecular weight is 924 g/mol. The first kappa shape index (κ1) is 56.5. The van der Waals surface area contributed by atoms with Gasteiger partial charge in [0, 0.05) is 32.5 Å². The Labute approximate surface area is 407 Å². The van der Waals surface area contributed by atoms with Crippen LogP contribution < -0.4 is 16.4 Å². The zero-order chi connectivity index (χ0) is 47.6. The summed E-state index contributed by atoms with van der Waals surface area (Å²) in [7, 11) is 0. The molecule has 8 atom stereocenters. The summed E-state index contributed by atoms with van der Waals surface area (Å²) < 4.78 is 6.09. The number of rotatable bonds is 35. The topological polar surface area (TPSA) is 114 Å². The first-order valence-electron chi connectivity index (χ1n) is 28.8. The van der Waals surface area contributed by atoms with Crippen LogP contribution in [0.5, 0.6) is 0 Å². The SMILES string of the molecule is CCCCCCCCCCCCCCCCCCC(=O)N(CCCNC(=O)O[C@H]1CC[C@@]2(C)C(=CC[C@H]3[C@@H]4CC[C@H]([C@H](C)CCCC(C)C)[C@@]4(C)CC[C@@H]32)C1)CC(=O)NCCCCCCN. The molecule has 4 aliphatic carbocycles. The van der Waals surface area contributed by atoms with E-state index in [1.165, 1.54) is 141 Å². The molecule has 382 valence electrons. The predicted octanol–water partition coefficient (Wildman–Crippen LogP) is 14.6. The van der Waals surface area contributed by atoms with Crippen molar-refractivity contribution in [2.75, 3.05) is 32.7 Å². The molecular weight excluding hydrogens is 817 g/mol. The lowest BCUT2D eigenvalue weighted by Gasteiger charge is -2.58. The number of ether oxygens (including phenoxy) is 1. The summed E-state index contributed by atoms with van der Waals surface area (Å²) in [6, 6.07) is 0. The van der Waals surface area contributed by atoms with Crippen molar-refractivity contribution in [3.8, 4) is 0 Å². The highest BCUT2D eigenvalue weighted by molar-refractivity contribution is 5.84. The van der Waals surface area contributed by atoms with Crippen molar-refractivity contribution in [3.63, 3.8) is 0 Å². The molecule has 4 aliphatic rings. The third-order valence-corrected chi connectivity index (χ3v) is 17.8. The number of nitrogens with two attached hydrogens (primary N) is 1. The second-order valence-electron chi connectivity index (χ2n) is 23.3. The fourth-order valence-electron chi connectivity index (χ4n) is 13.8. The van der Waals surface area contributed by atoms with Gasteiger partial charge >= 0.3 is 6.09 Å². The molecule has 0 saturated heterocycles. The fourth-order valence-corrected chi connectivity index (χ4v) is 13.8. The Hall–Kier alpha value is -2.09. The van der Waals surface area contributed by atoms with Crippen LogP contribution in [0.15, 0.2) is 11.6 Å². The van der Waals surface area contributed by atoms with Gasteiger partial charge in [-0.3, -0.25) is 9.59 Å². The molecule has 0 aromatic heterocycles. The van der Waals surface area contributed by atoms with E-state index in [0.29, 0.717) is 44.4 Å². The molecule has 0 unspecified atom stereocenters. The number of alkyl carbamates (subject to hydrolysis) is 1. The van der Waals surface area contributed by atoms with E-state index in [0.717, 1.165) is 93.3 Å². The molecule has 4 rings (SSSR count). The van der Waals surface area contributed by atoms with E-state index in [4.69, 9.17) is 10.5 Å². The Morgan fingerprint density at radius 3 is 1.98 bits per heavy atom. The quantitative estimate of drug-likeness (QED) is 0.0433. The molecule has 3 saturated carbocycles. The normalized spacial score (nSPS) is 26.2. The Balaban J connectivity index is 1.15. The van der Waals surface area contributed by atoms with E-state index in [1.54, 1.807) is 10.5 Å². The molecule has 0 aliphatic heterocycles. The third kappa shape index (κ3) is 18.7. The lowest BCUT2D eigenvalue weighted by Crippen LogP contribution is -2.51. The lowest BCUT2D eigenvalue weighted by molar-refractivity contribution is -0.136. The van der Waals surface area contributed by atoms with Gasteiger partial charge in [-0.15, -0.1) is 0 Å². The fraction of sp³-hybridized carbons (Fsp3) is 0.914. The number of carbonyl (C=O) groups is 3. The van der Waals surface area contributed by atoms with Crippen LogP contribution in [0.2, 0.25) is 0 Å². The Morgan fingerprint density at radius 1 is 0.712 bits per heavy atom. The van der Waals surface area contributed by atoms with E-state index in [-0.39, 0.29) is 36.0 Å². The van der Waals surface area contributed by atoms with Crippen molar-refractivity contribution >= 4 is 17.9 Å². The smallest absolute Gasteiger partial charge is 0.407 e. The number of amides is 3. The Kier molecular flexibility index (Phi) is 26.7. The van der Waals surface area contributed by atoms with Crippen molar-refractivity contribution in [2.24, 2.45) is 52.1 Å². The summed E-state index contributed by atoms with van der Waals surface area (Å²) in [4.78, 5) is 41.3. The van der Waals surface area contributed by atoms with Crippen molar-refractivity contribution in [1.82, 2.24) is 15.5 Å². The number of nitrogens with zero attached hydrogens (tertiary/aromatic N) is 1. The summed E-state index contributed by atoms with van der Waals surface area (Å²) in [5.41, 5.74) is 7.89. The molecule has 4 N–H and O–H groups in total. The van der Waals surface area contributed by atoms with Gasteiger partial charge in [0.25, 0.3) is 0 Å². The highest BCUT2D eigenvalue weighted by Crippen LogP contribution is 2.67. The summed E-state index contributed by atoms with van der Waals surface area (Å²) in [6.45, 7) is 17.1. The maximum atomic E-state index is 13.5. The van der Waals surface area contributed by atoms with E-state index < -0.39 is 0 Å². The van der Waals surface area contributed by atoms with Gasteiger partial charge in [-0.25, -0.2) is 4.79 Å². The maximum absolute atomic E-state index is 13.5. The minimum absolute atomic E-state index is 0.0382. The van der Waals surface area contributed by atoms with Crippen molar-refractivity contribution in [2.45, 2.75) is 260 Å². The molecule has 0 bridgehead atoms. The van der Waals surface area contributed by atoms with Gasteiger partial charge in [0.05, 0.1) is 6.54 Å². The van der Waals surface area contributed by atoms with E-state index >= 15 is 0 Å². The van der Waals surface area contributed by atoms with Gasteiger partial charge in [-0.05, 0) is 124 Å². The van der Waals surface area contributed by atoms with Crippen LogP contribution in [-0.4, -0.2) is 61.6 Å².